The Hall–Kier alpha value is -0.390. The third-order valence-corrected chi connectivity index (χ3v) is 3.10. The quantitative estimate of drug-likeness (QED) is 0.580. The second kappa shape index (κ2) is 7.13. The highest BCUT2D eigenvalue weighted by Gasteiger charge is 2.20. The molecule has 0 radical (unpaired) electrons. The molecule has 0 fully saturated rings. The van der Waals surface area contributed by atoms with E-state index in [0.717, 1.165) is 0 Å². The van der Waals surface area contributed by atoms with E-state index in [-0.39, 0.29) is 0 Å². The Labute approximate surface area is 112 Å². The summed E-state index contributed by atoms with van der Waals surface area (Å²) in [6.45, 7) is 0.858. The van der Waals surface area contributed by atoms with Crippen molar-refractivity contribution in [1.82, 2.24) is 0 Å². The first-order valence-corrected chi connectivity index (χ1v) is 6.12. The summed E-state index contributed by atoms with van der Waals surface area (Å²) in [5, 5.41) is -1.31. The van der Waals surface area contributed by atoms with E-state index in [4.69, 9.17) is 21.1 Å². The van der Waals surface area contributed by atoms with Crippen molar-refractivity contribution in [3.05, 3.63) is 28.2 Å². The van der Waals surface area contributed by atoms with E-state index < -0.39 is 11.8 Å². The standard InChI is InChI=1S/C11H12BrClF2O2/c1-16-4-5-17-9-3-2-7(6-8(9)12)10(13)11(14)15/h2-3,6,10-11H,4-5H2,1H3. The Morgan fingerprint density at radius 1 is 1.35 bits per heavy atom. The second-order valence-corrected chi connectivity index (χ2v) is 4.59. The van der Waals surface area contributed by atoms with Crippen LogP contribution >= 0.6 is 27.5 Å². The van der Waals surface area contributed by atoms with Crippen LogP contribution in [0, 0.1) is 0 Å². The Bertz CT molecular complexity index is 363. The van der Waals surface area contributed by atoms with E-state index in [2.05, 4.69) is 15.9 Å². The molecule has 1 aromatic carbocycles. The highest BCUT2D eigenvalue weighted by molar-refractivity contribution is 9.10. The maximum absolute atomic E-state index is 12.4. The fourth-order valence-electron chi connectivity index (χ4n) is 1.19. The summed E-state index contributed by atoms with van der Waals surface area (Å²) in [6.07, 6.45) is -2.59. The summed E-state index contributed by atoms with van der Waals surface area (Å²) in [4.78, 5) is 0. The molecule has 1 unspecified atom stereocenters. The maximum Gasteiger partial charge on any atom is 0.258 e. The number of ether oxygens (including phenoxy) is 2. The molecule has 0 saturated heterocycles. The summed E-state index contributed by atoms with van der Waals surface area (Å²) in [5.74, 6) is 0.573. The van der Waals surface area contributed by atoms with Crippen molar-refractivity contribution in [2.75, 3.05) is 20.3 Å². The molecule has 0 saturated carbocycles. The van der Waals surface area contributed by atoms with Gasteiger partial charge in [-0.3, -0.25) is 0 Å². The average Bonchev–Trinajstić information content (AvgIpc) is 2.30. The summed E-state index contributed by atoms with van der Waals surface area (Å²) in [6, 6.07) is 4.66. The minimum Gasteiger partial charge on any atom is -0.490 e. The van der Waals surface area contributed by atoms with Gasteiger partial charge in [-0.2, -0.15) is 0 Å². The van der Waals surface area contributed by atoms with Gasteiger partial charge in [0.05, 0.1) is 11.1 Å². The summed E-state index contributed by atoms with van der Waals surface area (Å²) < 4.78 is 35.6. The van der Waals surface area contributed by atoms with Gasteiger partial charge >= 0.3 is 0 Å². The Morgan fingerprint density at radius 3 is 2.59 bits per heavy atom. The molecule has 17 heavy (non-hydrogen) atoms. The van der Waals surface area contributed by atoms with E-state index in [1.54, 1.807) is 13.2 Å². The Morgan fingerprint density at radius 2 is 2.06 bits per heavy atom. The molecule has 1 aromatic rings. The van der Waals surface area contributed by atoms with Crippen LogP contribution in [0.2, 0.25) is 0 Å². The zero-order valence-corrected chi connectivity index (χ0v) is 11.5. The summed E-state index contributed by atoms with van der Waals surface area (Å²) in [7, 11) is 1.57. The van der Waals surface area contributed by atoms with Crippen LogP contribution in [0.15, 0.2) is 22.7 Å². The van der Waals surface area contributed by atoms with E-state index >= 15 is 0 Å². The molecule has 1 rings (SSSR count). The number of rotatable bonds is 6. The topological polar surface area (TPSA) is 18.5 Å². The summed E-state index contributed by atoms with van der Waals surface area (Å²) in [5.41, 5.74) is 0.354. The molecule has 0 amide bonds. The zero-order valence-electron chi connectivity index (χ0n) is 9.13. The lowest BCUT2D eigenvalue weighted by molar-refractivity contribution is 0.142. The molecule has 2 nitrogen and oxygen atoms in total. The molecule has 0 N–H and O–H groups in total. The van der Waals surface area contributed by atoms with Crippen LogP contribution in [0.3, 0.4) is 0 Å². The average molecular weight is 330 g/mol. The van der Waals surface area contributed by atoms with Gasteiger partial charge < -0.3 is 9.47 Å². The van der Waals surface area contributed by atoms with Crippen molar-refractivity contribution < 1.29 is 18.3 Å². The Balaban J connectivity index is 2.72. The number of halogens is 4. The van der Waals surface area contributed by atoms with Crippen LogP contribution in [-0.2, 0) is 4.74 Å². The highest BCUT2D eigenvalue weighted by atomic mass is 79.9. The third kappa shape index (κ3) is 4.41. The van der Waals surface area contributed by atoms with Crippen LogP contribution in [-0.4, -0.2) is 26.7 Å². The van der Waals surface area contributed by atoms with Crippen LogP contribution in [0.5, 0.6) is 5.75 Å². The first-order chi connectivity index (χ1) is 8.06. The van der Waals surface area contributed by atoms with Gasteiger partial charge in [-0.25, -0.2) is 8.78 Å². The predicted octanol–water partition coefficient (Wildman–Crippen LogP) is 4.02. The van der Waals surface area contributed by atoms with Gasteiger partial charge in [0.25, 0.3) is 6.43 Å². The minimum atomic E-state index is -2.59. The van der Waals surface area contributed by atoms with E-state index in [1.165, 1.54) is 12.1 Å². The van der Waals surface area contributed by atoms with Gasteiger partial charge in [0, 0.05) is 7.11 Å². The predicted molar refractivity (Wildman–Crippen MR) is 66.1 cm³/mol. The van der Waals surface area contributed by atoms with Gasteiger partial charge in [-0.05, 0) is 33.6 Å². The SMILES string of the molecule is COCCOc1ccc(C(Cl)C(F)F)cc1Br. The molecule has 1 atom stereocenters. The zero-order chi connectivity index (χ0) is 12.8. The van der Waals surface area contributed by atoms with Crippen LogP contribution in [0.4, 0.5) is 8.78 Å². The first-order valence-electron chi connectivity index (χ1n) is 4.89. The number of benzene rings is 1. The van der Waals surface area contributed by atoms with Crippen LogP contribution in [0.1, 0.15) is 10.9 Å². The first kappa shape index (κ1) is 14.7. The molecular formula is C11H12BrClF2O2. The van der Waals surface area contributed by atoms with E-state index in [9.17, 15) is 8.78 Å². The molecule has 0 aliphatic rings. The van der Waals surface area contributed by atoms with E-state index in [0.29, 0.717) is 29.0 Å². The van der Waals surface area contributed by atoms with Crippen molar-refractivity contribution in [1.29, 1.82) is 0 Å². The monoisotopic (exact) mass is 328 g/mol. The van der Waals surface area contributed by atoms with Gasteiger partial charge in [-0.1, -0.05) is 6.07 Å². The molecule has 0 bridgehead atoms. The molecular weight excluding hydrogens is 317 g/mol. The second-order valence-electron chi connectivity index (χ2n) is 3.27. The molecule has 0 aromatic heterocycles. The lowest BCUT2D eigenvalue weighted by Crippen LogP contribution is -2.06. The van der Waals surface area contributed by atoms with Crippen molar-refractivity contribution in [2.45, 2.75) is 11.8 Å². The molecule has 96 valence electrons. The number of hydrogen-bond acceptors (Lipinski definition) is 2. The van der Waals surface area contributed by atoms with Crippen molar-refractivity contribution in [3.63, 3.8) is 0 Å². The van der Waals surface area contributed by atoms with Gasteiger partial charge in [0.15, 0.2) is 0 Å². The number of methoxy groups -OCH3 is 1. The van der Waals surface area contributed by atoms with Crippen molar-refractivity contribution >= 4 is 27.5 Å². The third-order valence-electron chi connectivity index (χ3n) is 2.04. The van der Waals surface area contributed by atoms with Crippen molar-refractivity contribution in [2.24, 2.45) is 0 Å². The summed E-state index contributed by atoms with van der Waals surface area (Å²) >= 11 is 8.81. The van der Waals surface area contributed by atoms with Gasteiger partial charge in [0.1, 0.15) is 17.7 Å². The van der Waals surface area contributed by atoms with Crippen LogP contribution < -0.4 is 4.74 Å². The highest BCUT2D eigenvalue weighted by Crippen LogP contribution is 2.33. The molecule has 0 heterocycles. The Kier molecular flexibility index (Phi) is 6.16. The lowest BCUT2D eigenvalue weighted by Gasteiger charge is -2.12. The molecule has 0 aliphatic heterocycles. The van der Waals surface area contributed by atoms with E-state index in [1.807, 2.05) is 0 Å². The van der Waals surface area contributed by atoms with Crippen molar-refractivity contribution in [3.8, 4) is 5.75 Å². The van der Waals surface area contributed by atoms with Crippen LogP contribution in [0.25, 0.3) is 0 Å². The smallest absolute Gasteiger partial charge is 0.258 e. The van der Waals surface area contributed by atoms with Gasteiger partial charge in [0.2, 0.25) is 0 Å². The molecule has 0 aliphatic carbocycles. The molecule has 0 spiro atoms. The lowest BCUT2D eigenvalue weighted by atomic mass is 10.1. The normalized spacial score (nSPS) is 12.8. The number of alkyl halides is 3. The molecule has 6 heteroatoms. The fraction of sp³-hybridized carbons (Fsp3) is 0.455. The largest absolute Gasteiger partial charge is 0.490 e. The number of hydrogen-bond donors (Lipinski definition) is 0. The fourth-order valence-corrected chi connectivity index (χ4v) is 1.83. The van der Waals surface area contributed by atoms with Gasteiger partial charge in [-0.15, -0.1) is 11.6 Å². The minimum absolute atomic E-state index is 0.354. The maximum atomic E-state index is 12.4.